The van der Waals surface area contributed by atoms with Crippen molar-refractivity contribution >= 4 is 63.2 Å². The monoisotopic (exact) mass is 566 g/mol. The van der Waals surface area contributed by atoms with E-state index >= 15 is 0 Å². The third kappa shape index (κ3) is 5.83. The van der Waals surface area contributed by atoms with Crippen LogP contribution in [0.15, 0.2) is 41.3 Å². The minimum absolute atomic E-state index is 0.251. The maximum atomic E-state index is 12.8. The maximum Gasteiger partial charge on any atom is 0.294 e. The SMILES string of the molecule is CCOc1cc(/C=C2/SC(=O)N(CC(=O)Nc3ccc(C)cc3)C2=O)cc(I)c1OCC. The minimum atomic E-state index is -0.499. The Kier molecular flexibility index (Phi) is 8.19. The molecule has 1 saturated heterocycles. The molecule has 0 radical (unpaired) electrons. The topological polar surface area (TPSA) is 84.9 Å². The van der Waals surface area contributed by atoms with E-state index in [1.165, 1.54) is 0 Å². The zero-order valence-electron chi connectivity index (χ0n) is 17.9. The van der Waals surface area contributed by atoms with Crippen LogP contribution < -0.4 is 14.8 Å². The van der Waals surface area contributed by atoms with E-state index in [9.17, 15) is 14.4 Å². The quantitative estimate of drug-likeness (QED) is 0.355. The molecule has 3 rings (SSSR count). The lowest BCUT2D eigenvalue weighted by atomic mass is 10.2. The highest BCUT2D eigenvalue weighted by atomic mass is 127. The predicted molar refractivity (Wildman–Crippen MR) is 134 cm³/mol. The van der Waals surface area contributed by atoms with Gasteiger partial charge >= 0.3 is 0 Å². The van der Waals surface area contributed by atoms with E-state index in [1.807, 2.05) is 39.0 Å². The molecule has 3 amide bonds. The first-order chi connectivity index (χ1) is 15.3. The van der Waals surface area contributed by atoms with Crippen molar-refractivity contribution in [3.05, 3.63) is 56.0 Å². The Labute approximate surface area is 204 Å². The van der Waals surface area contributed by atoms with Crippen LogP contribution >= 0.6 is 34.4 Å². The fourth-order valence-corrected chi connectivity index (χ4v) is 4.61. The number of ether oxygens (including phenoxy) is 2. The lowest BCUT2D eigenvalue weighted by molar-refractivity contribution is -0.127. The molecular formula is C23H23IN2O5S. The molecular weight excluding hydrogens is 543 g/mol. The van der Waals surface area contributed by atoms with E-state index in [1.54, 1.807) is 24.3 Å². The lowest BCUT2D eigenvalue weighted by Gasteiger charge is -2.14. The number of nitrogens with zero attached hydrogens (tertiary/aromatic N) is 1. The molecule has 32 heavy (non-hydrogen) atoms. The first-order valence-electron chi connectivity index (χ1n) is 10.0. The van der Waals surface area contributed by atoms with Crippen LogP contribution in [-0.4, -0.2) is 41.7 Å². The summed E-state index contributed by atoms with van der Waals surface area (Å²) in [5, 5.41) is 2.22. The van der Waals surface area contributed by atoms with Crippen LogP contribution in [0.2, 0.25) is 0 Å². The molecule has 0 saturated carbocycles. The van der Waals surface area contributed by atoms with Crippen LogP contribution in [0.3, 0.4) is 0 Å². The third-order valence-corrected chi connectivity index (χ3v) is 6.14. The number of carbonyl (C=O) groups excluding carboxylic acids is 3. The Morgan fingerprint density at radius 3 is 2.47 bits per heavy atom. The molecule has 0 bridgehead atoms. The van der Waals surface area contributed by atoms with Crippen molar-refractivity contribution in [3.63, 3.8) is 0 Å². The van der Waals surface area contributed by atoms with Gasteiger partial charge in [0.25, 0.3) is 11.1 Å². The summed E-state index contributed by atoms with van der Waals surface area (Å²) in [5.74, 6) is 0.282. The highest BCUT2D eigenvalue weighted by molar-refractivity contribution is 14.1. The van der Waals surface area contributed by atoms with Crippen molar-refractivity contribution in [2.45, 2.75) is 20.8 Å². The van der Waals surface area contributed by atoms with Gasteiger partial charge in [-0.25, -0.2) is 0 Å². The Morgan fingerprint density at radius 1 is 1.12 bits per heavy atom. The summed E-state index contributed by atoms with van der Waals surface area (Å²) in [5.41, 5.74) is 2.38. The second kappa shape index (κ2) is 10.9. The van der Waals surface area contributed by atoms with Crippen molar-refractivity contribution in [2.75, 3.05) is 25.1 Å². The van der Waals surface area contributed by atoms with E-state index in [-0.39, 0.29) is 11.4 Å². The molecule has 1 aliphatic heterocycles. The number of amides is 3. The molecule has 2 aromatic carbocycles. The summed E-state index contributed by atoms with van der Waals surface area (Å²) in [4.78, 5) is 38.7. The number of nitrogens with one attached hydrogen (secondary N) is 1. The van der Waals surface area contributed by atoms with Crippen molar-refractivity contribution in [1.82, 2.24) is 4.90 Å². The van der Waals surface area contributed by atoms with Crippen molar-refractivity contribution in [2.24, 2.45) is 0 Å². The Balaban J connectivity index is 1.76. The van der Waals surface area contributed by atoms with Gasteiger partial charge in [0.2, 0.25) is 5.91 Å². The van der Waals surface area contributed by atoms with Gasteiger partial charge in [-0.1, -0.05) is 17.7 Å². The number of carbonyl (C=O) groups is 3. The molecule has 168 valence electrons. The number of imide groups is 1. The molecule has 2 aromatic rings. The molecule has 1 N–H and O–H groups in total. The van der Waals surface area contributed by atoms with E-state index in [2.05, 4.69) is 27.9 Å². The van der Waals surface area contributed by atoms with Gasteiger partial charge in [-0.2, -0.15) is 0 Å². The number of thioether (sulfide) groups is 1. The molecule has 0 aromatic heterocycles. The molecule has 0 spiro atoms. The number of hydrogen-bond acceptors (Lipinski definition) is 6. The zero-order valence-corrected chi connectivity index (χ0v) is 20.9. The van der Waals surface area contributed by atoms with Gasteiger partial charge in [0, 0.05) is 5.69 Å². The summed E-state index contributed by atoms with van der Waals surface area (Å²) < 4.78 is 12.2. The Hall–Kier alpha value is -2.53. The summed E-state index contributed by atoms with van der Waals surface area (Å²) >= 11 is 2.96. The van der Waals surface area contributed by atoms with Crippen LogP contribution in [0.5, 0.6) is 11.5 Å². The number of anilines is 1. The van der Waals surface area contributed by atoms with Crippen LogP contribution in [0.4, 0.5) is 10.5 Å². The standard InChI is InChI=1S/C23H23IN2O5S/c1-4-30-18-11-15(10-17(24)21(18)31-5-2)12-19-22(28)26(23(29)32-19)13-20(27)25-16-8-6-14(3)7-9-16/h6-12H,4-5,13H2,1-3H3,(H,25,27)/b19-12+. The smallest absolute Gasteiger partial charge is 0.294 e. The van der Waals surface area contributed by atoms with E-state index in [0.717, 1.165) is 25.8 Å². The zero-order chi connectivity index (χ0) is 23.3. The Bertz CT molecular complexity index is 1070. The van der Waals surface area contributed by atoms with Crippen molar-refractivity contribution < 1.29 is 23.9 Å². The fourth-order valence-electron chi connectivity index (χ4n) is 2.99. The van der Waals surface area contributed by atoms with Crippen molar-refractivity contribution in [3.8, 4) is 11.5 Å². The van der Waals surface area contributed by atoms with Gasteiger partial charge in [-0.05, 0) is 91.0 Å². The Morgan fingerprint density at radius 2 is 1.81 bits per heavy atom. The molecule has 0 aliphatic carbocycles. The molecule has 9 heteroatoms. The predicted octanol–water partition coefficient (Wildman–Crippen LogP) is 5.07. The summed E-state index contributed by atoms with van der Waals surface area (Å²) in [6, 6.07) is 10.9. The molecule has 1 heterocycles. The molecule has 1 fully saturated rings. The van der Waals surface area contributed by atoms with E-state index in [0.29, 0.717) is 36.0 Å². The van der Waals surface area contributed by atoms with E-state index < -0.39 is 17.1 Å². The van der Waals surface area contributed by atoms with Gasteiger partial charge < -0.3 is 14.8 Å². The van der Waals surface area contributed by atoms with Crippen LogP contribution in [0.25, 0.3) is 6.08 Å². The van der Waals surface area contributed by atoms with Gasteiger partial charge in [0.1, 0.15) is 6.54 Å². The van der Waals surface area contributed by atoms with Gasteiger partial charge in [0.15, 0.2) is 11.5 Å². The average Bonchev–Trinajstić information content (AvgIpc) is 3.00. The number of benzene rings is 2. The third-order valence-electron chi connectivity index (χ3n) is 4.43. The first-order valence-corrected chi connectivity index (χ1v) is 11.9. The molecule has 0 atom stereocenters. The minimum Gasteiger partial charge on any atom is -0.490 e. The second-order valence-corrected chi connectivity index (χ2v) is 9.03. The van der Waals surface area contributed by atoms with Gasteiger partial charge in [0.05, 0.1) is 21.7 Å². The lowest BCUT2D eigenvalue weighted by Crippen LogP contribution is -2.36. The number of hydrogen-bond donors (Lipinski definition) is 1. The largest absolute Gasteiger partial charge is 0.490 e. The summed E-state index contributed by atoms with van der Waals surface area (Å²) in [6.07, 6.45) is 1.63. The number of rotatable bonds is 8. The normalized spacial score (nSPS) is 14.8. The fraction of sp³-hybridized carbons (Fsp3) is 0.261. The number of halogens is 1. The second-order valence-electron chi connectivity index (χ2n) is 6.88. The molecule has 1 aliphatic rings. The highest BCUT2D eigenvalue weighted by Crippen LogP contribution is 2.37. The van der Waals surface area contributed by atoms with Crippen LogP contribution in [0.1, 0.15) is 25.0 Å². The van der Waals surface area contributed by atoms with Crippen molar-refractivity contribution in [1.29, 1.82) is 0 Å². The van der Waals surface area contributed by atoms with Crippen LogP contribution in [-0.2, 0) is 9.59 Å². The summed E-state index contributed by atoms with van der Waals surface area (Å²) in [6.45, 7) is 6.33. The van der Waals surface area contributed by atoms with Gasteiger partial charge in [-0.15, -0.1) is 0 Å². The first kappa shape index (κ1) is 24.1. The molecule has 7 nitrogen and oxygen atoms in total. The number of aryl methyl sites for hydroxylation is 1. The van der Waals surface area contributed by atoms with Gasteiger partial charge in [-0.3, -0.25) is 19.3 Å². The van der Waals surface area contributed by atoms with E-state index in [4.69, 9.17) is 9.47 Å². The maximum absolute atomic E-state index is 12.8. The van der Waals surface area contributed by atoms with Crippen LogP contribution in [0, 0.1) is 10.5 Å². The highest BCUT2D eigenvalue weighted by Gasteiger charge is 2.36. The molecule has 0 unspecified atom stereocenters. The average molecular weight is 566 g/mol. The summed E-state index contributed by atoms with van der Waals surface area (Å²) in [7, 11) is 0.